The first-order chi connectivity index (χ1) is 7.62. The van der Waals surface area contributed by atoms with Crippen LogP contribution in [0.25, 0.3) is 0 Å². The van der Waals surface area contributed by atoms with E-state index in [0.717, 1.165) is 31.0 Å². The number of sulfone groups is 1. The Morgan fingerprint density at radius 1 is 0.812 bits per heavy atom. The third kappa shape index (κ3) is 10.9. The molecule has 98 valence electrons. The van der Waals surface area contributed by atoms with Crippen LogP contribution in [0.1, 0.15) is 58.3 Å². The molecule has 0 radical (unpaired) electrons. The minimum Gasteiger partial charge on any atom is -0.229 e. The zero-order valence-electron chi connectivity index (χ0n) is 10.4. The summed E-state index contributed by atoms with van der Waals surface area (Å²) in [5, 5.41) is 0.902. The van der Waals surface area contributed by atoms with Crippen LogP contribution in [-0.2, 0) is 9.84 Å². The Hall–Kier alpha value is 0.430. The number of alkyl halides is 1. The summed E-state index contributed by atoms with van der Waals surface area (Å²) < 4.78 is 23.2. The molecule has 0 aromatic carbocycles. The van der Waals surface area contributed by atoms with Crippen molar-refractivity contribution in [3.8, 4) is 0 Å². The van der Waals surface area contributed by atoms with Crippen molar-refractivity contribution in [3.05, 3.63) is 0 Å². The third-order valence-electron chi connectivity index (χ3n) is 2.65. The van der Waals surface area contributed by atoms with Crippen molar-refractivity contribution in [2.45, 2.75) is 58.3 Å². The van der Waals surface area contributed by atoms with Gasteiger partial charge in [0.05, 0.1) is 11.5 Å². The Morgan fingerprint density at radius 2 is 1.31 bits per heavy atom. The van der Waals surface area contributed by atoms with E-state index in [2.05, 4.69) is 22.9 Å². The third-order valence-corrected chi connectivity index (χ3v) is 5.03. The van der Waals surface area contributed by atoms with E-state index < -0.39 is 9.84 Å². The fraction of sp³-hybridized carbons (Fsp3) is 1.00. The highest BCUT2D eigenvalue weighted by atomic mass is 79.9. The summed E-state index contributed by atoms with van der Waals surface area (Å²) >= 11 is 3.31. The Balaban J connectivity index is 3.43. The molecule has 0 unspecified atom stereocenters. The molecular weight excluding hydrogens is 288 g/mol. The molecule has 0 atom stereocenters. The van der Waals surface area contributed by atoms with E-state index in [9.17, 15) is 8.42 Å². The average molecular weight is 313 g/mol. The lowest BCUT2D eigenvalue weighted by Crippen LogP contribution is -2.11. The lowest BCUT2D eigenvalue weighted by molar-refractivity contribution is 0.581. The molecule has 0 aromatic rings. The van der Waals surface area contributed by atoms with E-state index in [4.69, 9.17) is 0 Å². The van der Waals surface area contributed by atoms with E-state index in [-0.39, 0.29) is 0 Å². The van der Waals surface area contributed by atoms with Crippen LogP contribution in [0.5, 0.6) is 0 Å². The van der Waals surface area contributed by atoms with E-state index in [1.165, 1.54) is 25.7 Å². The van der Waals surface area contributed by atoms with Crippen LogP contribution < -0.4 is 0 Å². The van der Waals surface area contributed by atoms with E-state index in [1.807, 2.05) is 0 Å². The number of hydrogen-bond donors (Lipinski definition) is 0. The summed E-state index contributed by atoms with van der Waals surface area (Å²) in [7, 11) is -2.77. The van der Waals surface area contributed by atoms with Gasteiger partial charge >= 0.3 is 0 Å². The molecule has 0 rings (SSSR count). The highest BCUT2D eigenvalue weighted by Gasteiger charge is 2.09. The average Bonchev–Trinajstić information content (AvgIpc) is 2.23. The molecule has 0 saturated heterocycles. The van der Waals surface area contributed by atoms with Crippen LogP contribution in [0.3, 0.4) is 0 Å². The molecule has 4 heteroatoms. The summed E-state index contributed by atoms with van der Waals surface area (Å²) in [5.41, 5.74) is 0. The molecule has 0 spiro atoms. The summed E-state index contributed by atoms with van der Waals surface area (Å²) in [6.07, 6.45) is 8.62. The van der Waals surface area contributed by atoms with Crippen LogP contribution >= 0.6 is 15.9 Å². The zero-order chi connectivity index (χ0) is 12.3. The predicted molar refractivity (Wildman–Crippen MR) is 75.1 cm³/mol. The molecule has 16 heavy (non-hydrogen) atoms. The Kier molecular flexibility index (Phi) is 10.9. The largest absolute Gasteiger partial charge is 0.229 e. The van der Waals surface area contributed by atoms with E-state index >= 15 is 0 Å². The topological polar surface area (TPSA) is 34.1 Å². The minimum atomic E-state index is -2.77. The normalized spacial score (nSPS) is 11.9. The minimum absolute atomic E-state index is 0.369. The summed E-state index contributed by atoms with van der Waals surface area (Å²) in [6, 6.07) is 0. The number of hydrogen-bond acceptors (Lipinski definition) is 2. The van der Waals surface area contributed by atoms with Crippen molar-refractivity contribution in [2.75, 3.05) is 16.8 Å². The predicted octanol–water partition coefficient (Wildman–Crippen LogP) is 3.94. The molecule has 0 aromatic heterocycles. The van der Waals surface area contributed by atoms with Crippen LogP contribution in [-0.4, -0.2) is 25.3 Å². The molecule has 0 aliphatic rings. The standard InChI is InChI=1S/C12H25BrO2S/c1-2-3-4-5-6-8-11-16(14,15)12-9-7-10-13/h2-12H2,1H3. The first-order valence-electron chi connectivity index (χ1n) is 6.39. The second-order valence-electron chi connectivity index (χ2n) is 4.32. The van der Waals surface area contributed by atoms with Crippen molar-refractivity contribution >= 4 is 25.8 Å². The number of unbranched alkanes of at least 4 members (excludes halogenated alkanes) is 6. The first kappa shape index (κ1) is 16.4. The fourth-order valence-corrected chi connectivity index (χ4v) is 3.51. The first-order valence-corrected chi connectivity index (χ1v) is 9.33. The molecular formula is C12H25BrO2S. The molecule has 0 aliphatic carbocycles. The second kappa shape index (κ2) is 10.6. The van der Waals surface area contributed by atoms with Gasteiger partial charge in [-0.25, -0.2) is 8.42 Å². The molecule has 0 aliphatic heterocycles. The molecule has 0 N–H and O–H groups in total. The summed E-state index contributed by atoms with van der Waals surface area (Å²) in [6.45, 7) is 2.19. The van der Waals surface area contributed by atoms with E-state index in [0.29, 0.717) is 11.5 Å². The molecule has 0 bridgehead atoms. The number of halogens is 1. The molecule has 0 fully saturated rings. The van der Waals surface area contributed by atoms with Gasteiger partial charge in [0.15, 0.2) is 0 Å². The summed E-state index contributed by atoms with van der Waals surface area (Å²) in [5.74, 6) is 0.759. The Labute approximate surface area is 109 Å². The van der Waals surface area contributed by atoms with Crippen molar-refractivity contribution in [3.63, 3.8) is 0 Å². The quantitative estimate of drug-likeness (QED) is 0.428. The summed E-state index contributed by atoms with van der Waals surface area (Å²) in [4.78, 5) is 0. The molecule has 0 amide bonds. The van der Waals surface area contributed by atoms with Gasteiger partial charge < -0.3 is 0 Å². The molecule has 2 nitrogen and oxygen atoms in total. The van der Waals surface area contributed by atoms with Crippen LogP contribution in [0.4, 0.5) is 0 Å². The zero-order valence-corrected chi connectivity index (χ0v) is 12.8. The van der Waals surface area contributed by atoms with Gasteiger partial charge in [0.1, 0.15) is 9.84 Å². The highest BCUT2D eigenvalue weighted by molar-refractivity contribution is 9.09. The SMILES string of the molecule is CCCCCCCCS(=O)(=O)CCCCBr. The maximum atomic E-state index is 11.6. The molecule has 0 heterocycles. The lowest BCUT2D eigenvalue weighted by Gasteiger charge is -2.03. The maximum Gasteiger partial charge on any atom is 0.150 e. The lowest BCUT2D eigenvalue weighted by atomic mass is 10.1. The monoisotopic (exact) mass is 312 g/mol. The van der Waals surface area contributed by atoms with Gasteiger partial charge in [0, 0.05) is 5.33 Å². The van der Waals surface area contributed by atoms with Gasteiger partial charge in [-0.15, -0.1) is 0 Å². The van der Waals surface area contributed by atoms with Crippen molar-refractivity contribution < 1.29 is 8.42 Å². The van der Waals surface area contributed by atoms with Crippen LogP contribution in [0, 0.1) is 0 Å². The van der Waals surface area contributed by atoms with E-state index in [1.54, 1.807) is 0 Å². The Bertz CT molecular complexity index is 237. The fourth-order valence-electron chi connectivity index (χ4n) is 1.62. The van der Waals surface area contributed by atoms with Crippen molar-refractivity contribution in [1.82, 2.24) is 0 Å². The van der Waals surface area contributed by atoms with Gasteiger partial charge in [0.25, 0.3) is 0 Å². The van der Waals surface area contributed by atoms with Crippen LogP contribution in [0.2, 0.25) is 0 Å². The van der Waals surface area contributed by atoms with Gasteiger partial charge in [-0.05, 0) is 19.3 Å². The van der Waals surface area contributed by atoms with Gasteiger partial charge in [-0.2, -0.15) is 0 Å². The van der Waals surface area contributed by atoms with Crippen molar-refractivity contribution in [2.24, 2.45) is 0 Å². The number of rotatable bonds is 11. The molecule has 0 saturated carbocycles. The van der Waals surface area contributed by atoms with Gasteiger partial charge in [-0.3, -0.25) is 0 Å². The Morgan fingerprint density at radius 3 is 1.88 bits per heavy atom. The smallest absolute Gasteiger partial charge is 0.150 e. The van der Waals surface area contributed by atoms with Gasteiger partial charge in [0.2, 0.25) is 0 Å². The highest BCUT2D eigenvalue weighted by Crippen LogP contribution is 2.08. The van der Waals surface area contributed by atoms with Crippen molar-refractivity contribution in [1.29, 1.82) is 0 Å². The second-order valence-corrected chi connectivity index (χ2v) is 7.41. The van der Waals surface area contributed by atoms with Gasteiger partial charge in [-0.1, -0.05) is 55.0 Å². The van der Waals surface area contributed by atoms with Crippen LogP contribution in [0.15, 0.2) is 0 Å². The maximum absolute atomic E-state index is 11.6.